The van der Waals surface area contributed by atoms with E-state index in [0.29, 0.717) is 26.1 Å². The van der Waals surface area contributed by atoms with Crippen LogP contribution in [0.4, 0.5) is 4.79 Å². The molecular formula is C19H27N5O2. The van der Waals surface area contributed by atoms with Crippen LogP contribution >= 0.6 is 0 Å². The highest BCUT2D eigenvalue weighted by Gasteiger charge is 2.38. The summed E-state index contributed by atoms with van der Waals surface area (Å²) in [4.78, 5) is 24.4. The van der Waals surface area contributed by atoms with Crippen LogP contribution in [0.15, 0.2) is 18.2 Å². The molecule has 2 aromatic rings. The van der Waals surface area contributed by atoms with Crippen LogP contribution in [0.5, 0.6) is 0 Å². The number of nitrogens with one attached hydrogen (secondary N) is 2. The third-order valence-electron chi connectivity index (χ3n) is 5.56. The number of H-pyrrole nitrogens is 1. The van der Waals surface area contributed by atoms with Crippen molar-refractivity contribution in [1.29, 1.82) is 0 Å². The lowest BCUT2D eigenvalue weighted by molar-refractivity contribution is 0.0980. The number of fused-ring (bicyclic) bond motifs is 1. The van der Waals surface area contributed by atoms with Crippen molar-refractivity contribution in [2.75, 3.05) is 32.7 Å². The maximum absolute atomic E-state index is 12.4. The normalized spacial score (nSPS) is 23.8. The smallest absolute Gasteiger partial charge is 0.317 e. The van der Waals surface area contributed by atoms with Gasteiger partial charge < -0.3 is 20.3 Å². The minimum absolute atomic E-state index is 0.0848. The molecule has 0 spiro atoms. The number of aliphatic hydroxyl groups excluding tert-OH is 1. The van der Waals surface area contributed by atoms with Gasteiger partial charge in [0.15, 0.2) is 0 Å². The third-order valence-corrected chi connectivity index (χ3v) is 5.56. The number of hydrogen-bond donors (Lipinski definition) is 3. The van der Waals surface area contributed by atoms with Gasteiger partial charge in [-0.25, -0.2) is 9.78 Å². The quantitative estimate of drug-likeness (QED) is 0.769. The Morgan fingerprint density at radius 3 is 2.92 bits per heavy atom. The van der Waals surface area contributed by atoms with Crippen molar-refractivity contribution in [2.45, 2.75) is 38.3 Å². The first-order chi connectivity index (χ1) is 12.6. The molecule has 2 atom stereocenters. The Labute approximate surface area is 153 Å². The van der Waals surface area contributed by atoms with E-state index in [2.05, 4.69) is 20.2 Å². The number of β-amino-alcohol motifs (C(OH)–C–C–N with tert-alkyl or cyclic N) is 1. The first-order valence-corrected chi connectivity index (χ1v) is 9.51. The van der Waals surface area contributed by atoms with Crippen molar-refractivity contribution in [3.05, 3.63) is 29.6 Å². The average Bonchev–Trinajstić information content (AvgIpc) is 3.33. The Morgan fingerprint density at radius 1 is 1.35 bits per heavy atom. The second kappa shape index (κ2) is 7.25. The molecule has 2 aliphatic heterocycles. The second-order valence-electron chi connectivity index (χ2n) is 7.42. The Bertz CT molecular complexity index is 783. The van der Waals surface area contributed by atoms with Crippen LogP contribution in [0.1, 0.15) is 24.2 Å². The summed E-state index contributed by atoms with van der Waals surface area (Å²) < 4.78 is 0. The number of imidazole rings is 1. The number of hydrogen-bond acceptors (Lipinski definition) is 4. The minimum Gasteiger partial charge on any atom is -0.390 e. The van der Waals surface area contributed by atoms with Gasteiger partial charge in [-0.1, -0.05) is 12.1 Å². The summed E-state index contributed by atoms with van der Waals surface area (Å²) in [6.07, 6.45) is 2.59. The van der Waals surface area contributed by atoms with Crippen molar-refractivity contribution >= 4 is 17.1 Å². The lowest BCUT2D eigenvalue weighted by Crippen LogP contribution is -2.43. The lowest BCUT2D eigenvalue weighted by Gasteiger charge is -2.25. The summed E-state index contributed by atoms with van der Waals surface area (Å²) in [6, 6.07) is 6.06. The first kappa shape index (κ1) is 17.3. The van der Waals surface area contributed by atoms with Crippen molar-refractivity contribution in [1.82, 2.24) is 25.1 Å². The van der Waals surface area contributed by atoms with Crippen LogP contribution in [-0.2, 0) is 6.42 Å². The summed E-state index contributed by atoms with van der Waals surface area (Å²) in [5.74, 6) is 0.881. The van der Waals surface area contributed by atoms with Crippen molar-refractivity contribution in [3.8, 4) is 0 Å². The monoisotopic (exact) mass is 357 g/mol. The molecule has 7 heteroatoms. The van der Waals surface area contributed by atoms with Gasteiger partial charge in [-0.3, -0.25) is 4.90 Å². The highest BCUT2D eigenvalue weighted by atomic mass is 16.3. The molecule has 26 heavy (non-hydrogen) atoms. The Kier molecular flexibility index (Phi) is 4.82. The molecule has 7 nitrogen and oxygen atoms in total. The van der Waals surface area contributed by atoms with Crippen molar-refractivity contribution < 1.29 is 9.90 Å². The van der Waals surface area contributed by atoms with E-state index in [1.165, 1.54) is 12.8 Å². The molecule has 2 saturated heterocycles. The fraction of sp³-hybridized carbons (Fsp3) is 0.579. The maximum Gasteiger partial charge on any atom is 0.317 e. The number of benzene rings is 1. The van der Waals surface area contributed by atoms with E-state index in [1.807, 2.05) is 25.1 Å². The molecule has 0 bridgehead atoms. The van der Waals surface area contributed by atoms with Crippen LogP contribution in [0.3, 0.4) is 0 Å². The number of aromatic amines is 1. The maximum atomic E-state index is 12.4. The summed E-state index contributed by atoms with van der Waals surface area (Å²) >= 11 is 0. The average molecular weight is 357 g/mol. The third kappa shape index (κ3) is 3.41. The number of aliphatic hydroxyl groups is 1. The standard InChI is InChI=1S/C19H27N5O2/c1-13-5-4-6-14-18(13)22-17(21-14)7-8-20-19(26)24-11-15(16(25)12-24)23-9-2-3-10-23/h4-6,15-16,25H,2-3,7-12H2,1H3,(H,20,26)(H,21,22)/t15-,16-/m0/s1. The highest BCUT2D eigenvalue weighted by molar-refractivity contribution is 5.78. The predicted molar refractivity (Wildman–Crippen MR) is 100 cm³/mol. The van der Waals surface area contributed by atoms with Crippen LogP contribution < -0.4 is 5.32 Å². The summed E-state index contributed by atoms with van der Waals surface area (Å²) in [5, 5.41) is 13.3. The number of carbonyl (C=O) groups is 1. The lowest BCUT2D eigenvalue weighted by atomic mass is 10.2. The van der Waals surface area contributed by atoms with Gasteiger partial charge in [0.25, 0.3) is 0 Å². The molecule has 2 aliphatic rings. The summed E-state index contributed by atoms with van der Waals surface area (Å²) in [7, 11) is 0. The van der Waals surface area contributed by atoms with E-state index < -0.39 is 6.10 Å². The van der Waals surface area contributed by atoms with E-state index in [4.69, 9.17) is 0 Å². The van der Waals surface area contributed by atoms with Gasteiger partial charge >= 0.3 is 6.03 Å². The van der Waals surface area contributed by atoms with Crippen molar-refractivity contribution in [2.24, 2.45) is 0 Å². The van der Waals surface area contributed by atoms with E-state index in [1.54, 1.807) is 4.90 Å². The number of aryl methyl sites for hydroxylation is 1. The van der Waals surface area contributed by atoms with Crippen LogP contribution in [0.25, 0.3) is 11.0 Å². The molecule has 0 aliphatic carbocycles. The highest BCUT2D eigenvalue weighted by Crippen LogP contribution is 2.21. The Morgan fingerprint density at radius 2 is 2.15 bits per heavy atom. The summed E-state index contributed by atoms with van der Waals surface area (Å²) in [5.41, 5.74) is 3.17. The van der Waals surface area contributed by atoms with Gasteiger partial charge in [0, 0.05) is 26.1 Å². The largest absolute Gasteiger partial charge is 0.390 e. The molecule has 0 saturated carbocycles. The topological polar surface area (TPSA) is 84.5 Å². The van der Waals surface area contributed by atoms with Crippen LogP contribution in [0, 0.1) is 6.92 Å². The predicted octanol–water partition coefficient (Wildman–Crippen LogP) is 1.26. The number of likely N-dealkylation sites (tertiary alicyclic amines) is 2. The number of aromatic nitrogens is 2. The van der Waals surface area contributed by atoms with Gasteiger partial charge in [-0.2, -0.15) is 0 Å². The molecule has 4 rings (SSSR count). The number of rotatable bonds is 4. The van der Waals surface area contributed by atoms with Gasteiger partial charge in [0.1, 0.15) is 5.82 Å². The Hall–Kier alpha value is -2.12. The molecule has 2 fully saturated rings. The molecule has 3 N–H and O–H groups in total. The number of urea groups is 1. The van der Waals surface area contributed by atoms with Crippen molar-refractivity contribution in [3.63, 3.8) is 0 Å². The fourth-order valence-corrected chi connectivity index (χ4v) is 4.11. The second-order valence-corrected chi connectivity index (χ2v) is 7.42. The SMILES string of the molecule is Cc1cccc2[nH]c(CCNC(=O)N3C[C@H](O)[C@@H](N4CCCC4)C3)nc12. The van der Waals surface area contributed by atoms with Gasteiger partial charge in [-0.15, -0.1) is 0 Å². The molecule has 0 unspecified atom stereocenters. The van der Waals surface area contributed by atoms with E-state index >= 15 is 0 Å². The summed E-state index contributed by atoms with van der Waals surface area (Å²) in [6.45, 7) is 5.65. The fourth-order valence-electron chi connectivity index (χ4n) is 4.11. The van der Waals surface area contributed by atoms with Crippen LogP contribution in [0.2, 0.25) is 0 Å². The molecule has 1 aromatic carbocycles. The zero-order valence-electron chi connectivity index (χ0n) is 15.2. The number of carbonyl (C=O) groups excluding carboxylic acids is 1. The van der Waals surface area contributed by atoms with Gasteiger partial charge in [0.2, 0.25) is 0 Å². The van der Waals surface area contributed by atoms with E-state index in [0.717, 1.165) is 35.5 Å². The van der Waals surface area contributed by atoms with Crippen LogP contribution in [-0.4, -0.2) is 75.8 Å². The number of amides is 2. The minimum atomic E-state index is -0.447. The molecular weight excluding hydrogens is 330 g/mol. The molecule has 3 heterocycles. The van der Waals surface area contributed by atoms with E-state index in [9.17, 15) is 9.90 Å². The molecule has 1 aromatic heterocycles. The molecule has 140 valence electrons. The molecule has 2 amide bonds. The zero-order valence-corrected chi connectivity index (χ0v) is 15.2. The van der Waals surface area contributed by atoms with E-state index in [-0.39, 0.29) is 12.1 Å². The zero-order chi connectivity index (χ0) is 18.1. The first-order valence-electron chi connectivity index (χ1n) is 9.51. The number of para-hydroxylation sites is 1. The Balaban J connectivity index is 1.29. The number of nitrogens with zero attached hydrogens (tertiary/aromatic N) is 3. The molecule has 0 radical (unpaired) electrons. The van der Waals surface area contributed by atoms with Gasteiger partial charge in [-0.05, 0) is 44.5 Å². The van der Waals surface area contributed by atoms with Gasteiger partial charge in [0.05, 0.1) is 23.2 Å².